The maximum Gasteiger partial charge on any atom is 0.343 e. The van der Waals surface area contributed by atoms with Crippen molar-refractivity contribution in [3.63, 3.8) is 0 Å². The van der Waals surface area contributed by atoms with E-state index < -0.39 is 17.7 Å². The summed E-state index contributed by atoms with van der Waals surface area (Å²) in [7, 11) is -4.54. The molecule has 0 rings (SSSR count). The minimum Gasteiger partial charge on any atom is -0.284 e. The first kappa shape index (κ1) is 7.39. The zero-order valence-electron chi connectivity index (χ0n) is 2.94. The van der Waals surface area contributed by atoms with E-state index in [0.717, 1.165) is 0 Å². The van der Waals surface area contributed by atoms with Crippen LogP contribution in [0.15, 0.2) is 0 Å². The Kier molecular flexibility index (Phi) is 2.78. The van der Waals surface area contributed by atoms with E-state index in [4.69, 9.17) is 4.55 Å². The molecular formula is HO4PS2. The number of hydrogen-bond acceptors (Lipinski definition) is 4. The van der Waals surface area contributed by atoms with Gasteiger partial charge in [-0.2, -0.15) is 8.18 Å². The van der Waals surface area contributed by atoms with Crippen LogP contribution in [0.2, 0.25) is 0 Å². The van der Waals surface area contributed by atoms with Gasteiger partial charge in [-0.15, -0.1) is 0 Å². The lowest BCUT2D eigenvalue weighted by molar-refractivity contribution is 0.460. The summed E-state index contributed by atoms with van der Waals surface area (Å²) in [5.74, 6) is 0. The average molecular weight is 160 g/mol. The molecule has 0 fully saturated rings. The van der Waals surface area contributed by atoms with Gasteiger partial charge in [-0.25, -0.2) is 4.57 Å². The Labute approximate surface area is 46.9 Å². The summed E-state index contributed by atoms with van der Waals surface area (Å²) in [4.78, 5) is 0. The highest BCUT2D eigenvalue weighted by Crippen LogP contribution is 1.99. The second kappa shape index (κ2) is 2.64. The fourth-order valence-electron chi connectivity index (χ4n) is 0.0385. The van der Waals surface area contributed by atoms with Crippen molar-refractivity contribution in [2.24, 2.45) is 0 Å². The zero-order chi connectivity index (χ0) is 5.91. The van der Waals surface area contributed by atoms with Gasteiger partial charge in [0.1, 0.15) is 0 Å². The van der Waals surface area contributed by atoms with Crippen LogP contribution < -0.4 is 0 Å². The number of hydrogen-bond donors (Lipinski definition) is 1. The third kappa shape index (κ3) is 6.39. The quantitative estimate of drug-likeness (QED) is 0.590. The first-order valence-electron chi connectivity index (χ1n) is 1.05. The zero-order valence-corrected chi connectivity index (χ0v) is 5.46. The molecule has 0 aliphatic heterocycles. The van der Waals surface area contributed by atoms with Gasteiger partial charge < -0.3 is 0 Å². The predicted molar refractivity (Wildman–Crippen MR) is 26.8 cm³/mol. The summed E-state index contributed by atoms with van der Waals surface area (Å²) in [6.45, 7) is 0. The van der Waals surface area contributed by atoms with Crippen molar-refractivity contribution in [3.8, 4) is 0 Å². The van der Waals surface area contributed by atoms with Gasteiger partial charge in [0, 0.05) is 11.2 Å². The van der Waals surface area contributed by atoms with Crippen molar-refractivity contribution in [1.29, 1.82) is 0 Å². The Morgan fingerprint density at radius 3 is 2.29 bits per heavy atom. The summed E-state index contributed by atoms with van der Waals surface area (Å²) >= 11 is 3.74. The van der Waals surface area contributed by atoms with Crippen molar-refractivity contribution < 1.29 is 17.3 Å². The molecule has 7 heteroatoms. The first-order chi connectivity index (χ1) is 3.06. The van der Waals surface area contributed by atoms with Crippen molar-refractivity contribution in [2.75, 3.05) is 0 Å². The van der Waals surface area contributed by atoms with Crippen LogP contribution in [-0.2, 0) is 28.8 Å². The minimum absolute atomic E-state index is 0.871. The van der Waals surface area contributed by atoms with Crippen LogP contribution in [0.3, 0.4) is 0 Å². The molecule has 0 aromatic rings. The Morgan fingerprint density at radius 2 is 2.29 bits per heavy atom. The SMILES string of the molecule is O=POS(=O)(O)=S. The van der Waals surface area contributed by atoms with E-state index in [1.165, 1.54) is 0 Å². The molecule has 0 radical (unpaired) electrons. The van der Waals surface area contributed by atoms with Crippen LogP contribution in [0.4, 0.5) is 0 Å². The second-order valence-corrected chi connectivity index (χ2v) is 3.44. The lowest BCUT2D eigenvalue weighted by atomic mass is 15.8. The van der Waals surface area contributed by atoms with Crippen LogP contribution >= 0.6 is 8.69 Å². The molecule has 0 amide bonds. The third-order valence-electron chi connectivity index (χ3n) is 0.125. The van der Waals surface area contributed by atoms with Gasteiger partial charge in [-0.05, 0) is 0 Å². The molecular weight excluding hydrogens is 159 g/mol. The Hall–Kier alpha value is 0.390. The summed E-state index contributed by atoms with van der Waals surface area (Å²) in [5.41, 5.74) is 0. The molecule has 42 valence electrons. The van der Waals surface area contributed by atoms with Crippen molar-refractivity contribution >= 4 is 28.9 Å². The Morgan fingerprint density at radius 1 is 1.86 bits per heavy atom. The number of rotatable bonds is 2. The molecule has 0 aromatic heterocycles. The molecule has 4 nitrogen and oxygen atoms in total. The van der Waals surface area contributed by atoms with Gasteiger partial charge in [0.2, 0.25) is 0 Å². The van der Waals surface area contributed by atoms with Gasteiger partial charge in [-0.3, -0.25) is 4.55 Å². The fourth-order valence-corrected chi connectivity index (χ4v) is 0.570. The van der Waals surface area contributed by atoms with Crippen LogP contribution in [-0.4, -0.2) is 8.76 Å². The van der Waals surface area contributed by atoms with Crippen LogP contribution in [0.1, 0.15) is 0 Å². The van der Waals surface area contributed by atoms with E-state index in [2.05, 4.69) is 15.2 Å². The molecule has 0 bridgehead atoms. The summed E-state index contributed by atoms with van der Waals surface area (Å²) in [5, 5.41) is 0. The van der Waals surface area contributed by atoms with Gasteiger partial charge in [0.25, 0.3) is 9.05 Å². The predicted octanol–water partition coefficient (Wildman–Crippen LogP) is 0.344. The highest BCUT2D eigenvalue weighted by atomic mass is 32.9. The first-order valence-corrected chi connectivity index (χ1v) is 4.14. The van der Waals surface area contributed by atoms with Gasteiger partial charge in [0.15, 0.2) is 0 Å². The average Bonchev–Trinajstić information content (AvgIpc) is 1.30. The van der Waals surface area contributed by atoms with E-state index >= 15 is 0 Å². The molecule has 1 N–H and O–H groups in total. The standard InChI is InChI=1S/HO4PS2/c1-5-4-7(2,3)6/h(H,2,3,6). The van der Waals surface area contributed by atoms with Crippen molar-refractivity contribution in [1.82, 2.24) is 0 Å². The van der Waals surface area contributed by atoms with E-state index in [1.807, 2.05) is 0 Å². The third-order valence-corrected chi connectivity index (χ3v) is 1.67. The lowest BCUT2D eigenvalue weighted by Crippen LogP contribution is -1.90. The molecule has 0 saturated heterocycles. The molecule has 0 aliphatic rings. The normalized spacial score (nSPS) is 19.0. The molecule has 0 aliphatic carbocycles. The Balaban J connectivity index is 3.84. The highest BCUT2D eigenvalue weighted by Gasteiger charge is 1.95. The van der Waals surface area contributed by atoms with Crippen LogP contribution in [0.5, 0.6) is 0 Å². The highest BCUT2D eigenvalue weighted by molar-refractivity contribution is 8.27. The smallest absolute Gasteiger partial charge is 0.284 e. The maximum atomic E-state index is 9.73. The van der Waals surface area contributed by atoms with E-state index in [-0.39, 0.29) is 0 Å². The van der Waals surface area contributed by atoms with Crippen LogP contribution in [0, 0.1) is 0 Å². The largest absolute Gasteiger partial charge is 0.343 e. The summed E-state index contributed by atoms with van der Waals surface area (Å²) in [6.07, 6.45) is 0. The van der Waals surface area contributed by atoms with E-state index in [9.17, 15) is 8.77 Å². The topological polar surface area (TPSA) is 63.6 Å². The molecule has 1 atom stereocenters. The second-order valence-electron chi connectivity index (χ2n) is 0.577. The van der Waals surface area contributed by atoms with Gasteiger partial charge in [0.05, 0.1) is 0 Å². The van der Waals surface area contributed by atoms with Crippen molar-refractivity contribution in [2.45, 2.75) is 0 Å². The Bertz CT molecular complexity index is 143. The lowest BCUT2D eigenvalue weighted by Gasteiger charge is -1.83. The summed E-state index contributed by atoms with van der Waals surface area (Å²) < 4.78 is 30.5. The fraction of sp³-hybridized carbons (Fsp3) is 0. The molecule has 0 aromatic carbocycles. The molecule has 0 saturated carbocycles. The van der Waals surface area contributed by atoms with E-state index in [0.29, 0.717) is 0 Å². The maximum absolute atomic E-state index is 9.73. The van der Waals surface area contributed by atoms with Crippen LogP contribution in [0.25, 0.3) is 0 Å². The molecule has 1 unspecified atom stereocenters. The molecule has 0 heterocycles. The summed E-state index contributed by atoms with van der Waals surface area (Å²) in [6, 6.07) is 0. The minimum atomic E-state index is -3.67. The van der Waals surface area contributed by atoms with Gasteiger partial charge >= 0.3 is 8.69 Å². The van der Waals surface area contributed by atoms with Gasteiger partial charge in [-0.1, -0.05) is 0 Å². The molecule has 0 spiro atoms. The van der Waals surface area contributed by atoms with E-state index in [1.54, 1.807) is 0 Å². The molecule has 7 heavy (non-hydrogen) atoms. The monoisotopic (exact) mass is 160 g/mol. The van der Waals surface area contributed by atoms with Crippen molar-refractivity contribution in [3.05, 3.63) is 0 Å².